The van der Waals surface area contributed by atoms with Crippen molar-refractivity contribution in [1.82, 2.24) is 9.97 Å². The predicted octanol–water partition coefficient (Wildman–Crippen LogP) is 5.75. The van der Waals surface area contributed by atoms with Crippen molar-refractivity contribution in [2.75, 3.05) is 4.90 Å². The third kappa shape index (κ3) is 2.97. The predicted molar refractivity (Wildman–Crippen MR) is 120 cm³/mol. The topological polar surface area (TPSA) is 46.1 Å². The summed E-state index contributed by atoms with van der Waals surface area (Å²) in [5, 5.41) is 0.837. The van der Waals surface area contributed by atoms with Gasteiger partial charge < -0.3 is 0 Å². The highest BCUT2D eigenvalue weighted by Gasteiger charge is 2.56. The van der Waals surface area contributed by atoms with E-state index in [1.165, 1.54) is 24.8 Å². The van der Waals surface area contributed by atoms with E-state index in [9.17, 15) is 4.79 Å². The number of rotatable bonds is 4. The number of anilines is 1. The molecule has 7 rings (SSSR count). The zero-order chi connectivity index (χ0) is 20.3. The van der Waals surface area contributed by atoms with Crippen molar-refractivity contribution in [3.63, 3.8) is 0 Å². The zero-order valence-corrected chi connectivity index (χ0v) is 18.2. The largest absolute Gasteiger partial charge is 0.283 e. The van der Waals surface area contributed by atoms with Crippen molar-refractivity contribution in [3.8, 4) is 0 Å². The second-order valence-electron chi connectivity index (χ2n) is 9.87. The summed E-state index contributed by atoms with van der Waals surface area (Å²) in [5.74, 6) is 2.55. The number of para-hydroxylation sites is 1. The van der Waals surface area contributed by atoms with E-state index in [-0.39, 0.29) is 5.41 Å². The SMILES string of the molecule is Cc1cccc2sc(N(Cc3cccnc3)C(=O)C34CC5CC(CC(C5)C3)C4)nc12. The number of hydrogen-bond acceptors (Lipinski definition) is 4. The second kappa shape index (κ2) is 6.88. The van der Waals surface area contributed by atoms with Crippen molar-refractivity contribution in [2.45, 2.75) is 52.0 Å². The monoisotopic (exact) mass is 417 g/mol. The summed E-state index contributed by atoms with van der Waals surface area (Å²) in [6, 6.07) is 10.3. The fourth-order valence-corrected chi connectivity index (χ4v) is 7.79. The van der Waals surface area contributed by atoms with E-state index >= 15 is 0 Å². The minimum atomic E-state index is -0.177. The number of fused-ring (bicyclic) bond motifs is 1. The van der Waals surface area contributed by atoms with E-state index in [4.69, 9.17) is 4.98 Å². The number of carbonyl (C=O) groups is 1. The Labute approximate surface area is 181 Å². The van der Waals surface area contributed by atoms with E-state index in [0.29, 0.717) is 12.5 Å². The van der Waals surface area contributed by atoms with Gasteiger partial charge in [0.25, 0.3) is 0 Å². The lowest BCUT2D eigenvalue weighted by Crippen LogP contribution is -2.54. The van der Waals surface area contributed by atoms with Gasteiger partial charge in [0.2, 0.25) is 5.91 Å². The molecular formula is C25H27N3OS. The molecule has 4 fully saturated rings. The molecule has 0 unspecified atom stereocenters. The van der Waals surface area contributed by atoms with Crippen LogP contribution in [0.1, 0.15) is 49.7 Å². The maximum atomic E-state index is 14.2. The molecule has 4 nitrogen and oxygen atoms in total. The number of carbonyl (C=O) groups excluding carboxylic acids is 1. The van der Waals surface area contributed by atoms with Crippen LogP contribution in [0.25, 0.3) is 10.2 Å². The molecule has 0 N–H and O–H groups in total. The van der Waals surface area contributed by atoms with Crippen LogP contribution in [0, 0.1) is 30.1 Å². The number of aryl methyl sites for hydroxylation is 1. The number of thiazole rings is 1. The fraction of sp³-hybridized carbons (Fsp3) is 0.480. The van der Waals surface area contributed by atoms with E-state index in [1.54, 1.807) is 17.5 Å². The lowest BCUT2D eigenvalue weighted by molar-refractivity contribution is -0.143. The first kappa shape index (κ1) is 18.5. The molecule has 30 heavy (non-hydrogen) atoms. The Morgan fingerprint density at radius 3 is 2.47 bits per heavy atom. The lowest BCUT2D eigenvalue weighted by atomic mass is 9.49. The highest BCUT2D eigenvalue weighted by atomic mass is 32.1. The molecule has 0 saturated heterocycles. The van der Waals surface area contributed by atoms with Gasteiger partial charge in [0.1, 0.15) is 0 Å². The third-order valence-electron chi connectivity index (χ3n) is 7.64. The van der Waals surface area contributed by atoms with Gasteiger partial charge in [-0.1, -0.05) is 29.5 Å². The van der Waals surface area contributed by atoms with E-state index in [2.05, 4.69) is 36.2 Å². The van der Waals surface area contributed by atoms with Gasteiger partial charge in [-0.25, -0.2) is 4.98 Å². The van der Waals surface area contributed by atoms with Crippen LogP contribution in [-0.2, 0) is 11.3 Å². The Balaban J connectivity index is 1.42. The summed E-state index contributed by atoms with van der Waals surface area (Å²) in [5.41, 5.74) is 3.07. The van der Waals surface area contributed by atoms with Crippen LogP contribution in [0.3, 0.4) is 0 Å². The summed E-state index contributed by atoms with van der Waals surface area (Å²) in [6.07, 6.45) is 10.9. The Hall–Kier alpha value is -2.27. The standard InChI is InChI=1S/C25H27N3OS/c1-16-4-2-6-21-22(16)27-24(30-21)28(15-17-5-3-7-26-14-17)23(29)25-11-18-8-19(12-25)10-20(9-18)13-25/h2-7,14,18-20H,8-13,15H2,1H3. The van der Waals surface area contributed by atoms with Crippen LogP contribution in [0.15, 0.2) is 42.7 Å². The van der Waals surface area contributed by atoms with Gasteiger partial charge in [0, 0.05) is 12.4 Å². The molecule has 5 heteroatoms. The van der Waals surface area contributed by atoms with Crippen LogP contribution in [0.2, 0.25) is 0 Å². The zero-order valence-electron chi connectivity index (χ0n) is 17.4. The van der Waals surface area contributed by atoms with Crippen LogP contribution >= 0.6 is 11.3 Å². The number of hydrogen-bond donors (Lipinski definition) is 0. The highest BCUT2D eigenvalue weighted by molar-refractivity contribution is 7.22. The van der Waals surface area contributed by atoms with Crippen molar-refractivity contribution in [3.05, 3.63) is 53.9 Å². The van der Waals surface area contributed by atoms with Crippen LogP contribution in [-0.4, -0.2) is 15.9 Å². The van der Waals surface area contributed by atoms with E-state index in [1.807, 2.05) is 17.2 Å². The molecule has 0 aliphatic heterocycles. The first-order valence-electron chi connectivity index (χ1n) is 11.2. The number of aromatic nitrogens is 2. The summed E-state index contributed by atoms with van der Waals surface area (Å²) >= 11 is 1.64. The van der Waals surface area contributed by atoms with Crippen LogP contribution in [0.4, 0.5) is 5.13 Å². The highest BCUT2D eigenvalue weighted by Crippen LogP contribution is 2.60. The Kier molecular flexibility index (Phi) is 4.24. The maximum Gasteiger partial charge on any atom is 0.235 e. The minimum Gasteiger partial charge on any atom is -0.283 e. The molecule has 2 aromatic heterocycles. The number of pyridine rings is 1. The molecule has 3 aromatic rings. The number of benzene rings is 1. The molecule has 4 aliphatic rings. The van der Waals surface area contributed by atoms with Gasteiger partial charge in [0.05, 0.1) is 22.2 Å². The van der Waals surface area contributed by atoms with Crippen molar-refractivity contribution in [2.24, 2.45) is 23.2 Å². The van der Waals surface area contributed by atoms with Gasteiger partial charge >= 0.3 is 0 Å². The van der Waals surface area contributed by atoms with E-state index in [0.717, 1.165) is 57.9 Å². The molecule has 0 radical (unpaired) electrons. The first-order chi connectivity index (χ1) is 14.6. The molecule has 1 amide bonds. The van der Waals surface area contributed by atoms with Crippen LogP contribution in [0.5, 0.6) is 0 Å². The smallest absolute Gasteiger partial charge is 0.235 e. The normalized spacial score (nSPS) is 29.4. The summed E-state index contributed by atoms with van der Waals surface area (Å²) in [7, 11) is 0. The summed E-state index contributed by atoms with van der Waals surface area (Å²) in [4.78, 5) is 25.5. The lowest BCUT2D eigenvalue weighted by Gasteiger charge is -2.56. The van der Waals surface area contributed by atoms with Crippen LogP contribution < -0.4 is 4.90 Å². The van der Waals surface area contributed by atoms with E-state index < -0.39 is 0 Å². The fourth-order valence-electron chi connectivity index (χ4n) is 6.75. The molecule has 0 atom stereocenters. The summed E-state index contributed by atoms with van der Waals surface area (Å²) in [6.45, 7) is 2.64. The molecule has 2 heterocycles. The molecule has 4 aliphatic carbocycles. The van der Waals surface area contributed by atoms with Gasteiger partial charge in [-0.2, -0.15) is 0 Å². The molecule has 4 bridgehead atoms. The maximum absolute atomic E-state index is 14.2. The molecule has 154 valence electrons. The Morgan fingerprint density at radius 1 is 1.10 bits per heavy atom. The van der Waals surface area contributed by atoms with Gasteiger partial charge in [0.15, 0.2) is 5.13 Å². The van der Waals surface area contributed by atoms with Crippen molar-refractivity contribution < 1.29 is 4.79 Å². The Bertz CT molecular complexity index is 1070. The number of amides is 1. The summed E-state index contributed by atoms with van der Waals surface area (Å²) < 4.78 is 1.15. The molecule has 4 saturated carbocycles. The average molecular weight is 418 g/mol. The van der Waals surface area contributed by atoms with Crippen molar-refractivity contribution in [1.29, 1.82) is 0 Å². The minimum absolute atomic E-state index is 0.177. The number of nitrogens with zero attached hydrogens (tertiary/aromatic N) is 3. The molecule has 0 spiro atoms. The quantitative estimate of drug-likeness (QED) is 0.543. The first-order valence-corrected chi connectivity index (χ1v) is 12.0. The van der Waals surface area contributed by atoms with Gasteiger partial charge in [-0.05, 0) is 86.5 Å². The Morgan fingerprint density at radius 2 is 1.83 bits per heavy atom. The third-order valence-corrected chi connectivity index (χ3v) is 8.68. The van der Waals surface area contributed by atoms with Gasteiger partial charge in [-0.15, -0.1) is 0 Å². The molecule has 1 aromatic carbocycles. The van der Waals surface area contributed by atoms with Gasteiger partial charge in [-0.3, -0.25) is 14.7 Å². The van der Waals surface area contributed by atoms with Crippen molar-refractivity contribution >= 4 is 32.6 Å². The average Bonchev–Trinajstić information content (AvgIpc) is 3.17. The second-order valence-corrected chi connectivity index (χ2v) is 10.9. The molecular weight excluding hydrogens is 390 g/mol.